The second kappa shape index (κ2) is 5.54. The lowest BCUT2D eigenvalue weighted by Gasteiger charge is -2.24. The topological polar surface area (TPSA) is 55.8 Å². The maximum absolute atomic E-state index is 13.6. The van der Waals surface area contributed by atoms with Gasteiger partial charge in [0.2, 0.25) is 0 Å². The van der Waals surface area contributed by atoms with Crippen molar-refractivity contribution in [1.82, 2.24) is 4.90 Å². The van der Waals surface area contributed by atoms with Crippen LogP contribution in [0.15, 0.2) is 0 Å². The van der Waals surface area contributed by atoms with Gasteiger partial charge in [0.05, 0.1) is 13.2 Å². The van der Waals surface area contributed by atoms with E-state index in [-0.39, 0.29) is 19.7 Å². The molecule has 0 aromatic carbocycles. The normalized spacial score (nSPS) is 23.9. The monoisotopic (exact) mass is 261 g/mol. The van der Waals surface area contributed by atoms with E-state index in [9.17, 15) is 14.0 Å². The van der Waals surface area contributed by atoms with E-state index in [0.29, 0.717) is 0 Å². The van der Waals surface area contributed by atoms with Crippen LogP contribution in [0, 0.1) is 5.92 Å². The van der Waals surface area contributed by atoms with Gasteiger partial charge in [0.1, 0.15) is 11.8 Å². The molecule has 1 rings (SSSR count). The Kier molecular flexibility index (Phi) is 4.53. The van der Waals surface area contributed by atoms with Crippen molar-refractivity contribution in [1.29, 1.82) is 0 Å². The summed E-state index contributed by atoms with van der Waals surface area (Å²) in [6.07, 6.45) is -1.72. The molecule has 2 atom stereocenters. The van der Waals surface area contributed by atoms with Crippen LogP contribution in [0.1, 0.15) is 27.7 Å². The van der Waals surface area contributed by atoms with E-state index >= 15 is 0 Å². The zero-order valence-corrected chi connectivity index (χ0v) is 11.2. The van der Waals surface area contributed by atoms with Crippen LogP contribution >= 0.6 is 0 Å². The van der Waals surface area contributed by atoms with E-state index in [2.05, 4.69) is 0 Å². The Morgan fingerprint density at radius 1 is 1.33 bits per heavy atom. The molecule has 0 aromatic rings. The number of hydrogen-bond acceptors (Lipinski definition) is 4. The molecular formula is C12H20FNO4. The first kappa shape index (κ1) is 14.7. The number of carbonyl (C=O) groups is 2. The van der Waals surface area contributed by atoms with Crippen molar-refractivity contribution < 1.29 is 23.5 Å². The molecule has 6 heteroatoms. The molecule has 0 aromatic heterocycles. The van der Waals surface area contributed by atoms with Gasteiger partial charge in [0, 0.05) is 19.4 Å². The standard InChI is InChI=1S/C12H20FNO4/c1-8(15)17-7-9-5-14(6-10(9)13)11(16)18-12(2,3)4/h9-10H,5-7H2,1-4H3. The summed E-state index contributed by atoms with van der Waals surface area (Å²) >= 11 is 0. The number of likely N-dealkylation sites (tertiary alicyclic amines) is 1. The molecule has 0 spiro atoms. The van der Waals surface area contributed by atoms with Crippen molar-refractivity contribution in [2.45, 2.75) is 39.5 Å². The lowest BCUT2D eigenvalue weighted by Crippen LogP contribution is -2.35. The number of carbonyl (C=O) groups excluding carboxylic acids is 2. The molecule has 104 valence electrons. The van der Waals surface area contributed by atoms with Crippen LogP contribution in [-0.2, 0) is 14.3 Å². The van der Waals surface area contributed by atoms with Crippen molar-refractivity contribution in [3.8, 4) is 0 Å². The van der Waals surface area contributed by atoms with Gasteiger partial charge < -0.3 is 14.4 Å². The molecule has 1 aliphatic rings. The molecular weight excluding hydrogens is 241 g/mol. The van der Waals surface area contributed by atoms with Crippen LogP contribution in [0.4, 0.5) is 9.18 Å². The Balaban J connectivity index is 2.47. The van der Waals surface area contributed by atoms with Gasteiger partial charge in [0.25, 0.3) is 0 Å². The average molecular weight is 261 g/mol. The number of amides is 1. The maximum Gasteiger partial charge on any atom is 0.410 e. The fourth-order valence-electron chi connectivity index (χ4n) is 1.69. The van der Waals surface area contributed by atoms with Crippen LogP contribution in [0.25, 0.3) is 0 Å². The Morgan fingerprint density at radius 2 is 1.94 bits per heavy atom. The van der Waals surface area contributed by atoms with Gasteiger partial charge in [-0.05, 0) is 20.8 Å². The van der Waals surface area contributed by atoms with E-state index in [1.807, 2.05) is 0 Å². The molecule has 0 N–H and O–H groups in total. The zero-order chi connectivity index (χ0) is 13.9. The molecule has 1 fully saturated rings. The highest BCUT2D eigenvalue weighted by Crippen LogP contribution is 2.22. The third-order valence-electron chi connectivity index (χ3n) is 2.51. The summed E-state index contributed by atoms with van der Waals surface area (Å²) in [4.78, 5) is 23.7. The average Bonchev–Trinajstić information content (AvgIpc) is 2.54. The highest BCUT2D eigenvalue weighted by molar-refractivity contribution is 5.68. The third kappa shape index (κ3) is 4.50. The second-order valence-corrected chi connectivity index (χ2v) is 5.46. The summed E-state index contributed by atoms with van der Waals surface area (Å²) in [5.74, 6) is -0.917. The van der Waals surface area contributed by atoms with E-state index in [1.165, 1.54) is 11.8 Å². The number of nitrogens with zero attached hydrogens (tertiary/aromatic N) is 1. The Bertz CT molecular complexity index is 327. The summed E-state index contributed by atoms with van der Waals surface area (Å²) in [6, 6.07) is 0. The maximum atomic E-state index is 13.6. The van der Waals surface area contributed by atoms with Gasteiger partial charge in [-0.3, -0.25) is 4.79 Å². The predicted octanol–water partition coefficient (Wildman–Crippen LogP) is 1.75. The molecule has 0 aliphatic carbocycles. The molecule has 1 aliphatic heterocycles. The van der Waals surface area contributed by atoms with E-state index < -0.39 is 29.8 Å². The van der Waals surface area contributed by atoms with Gasteiger partial charge in [-0.2, -0.15) is 0 Å². The molecule has 0 radical (unpaired) electrons. The lowest BCUT2D eigenvalue weighted by molar-refractivity contribution is -0.142. The zero-order valence-electron chi connectivity index (χ0n) is 11.2. The molecule has 0 saturated carbocycles. The second-order valence-electron chi connectivity index (χ2n) is 5.46. The van der Waals surface area contributed by atoms with Crippen LogP contribution in [-0.4, -0.2) is 48.4 Å². The predicted molar refractivity (Wildman–Crippen MR) is 62.8 cm³/mol. The largest absolute Gasteiger partial charge is 0.465 e. The fourth-order valence-corrected chi connectivity index (χ4v) is 1.69. The highest BCUT2D eigenvalue weighted by atomic mass is 19.1. The van der Waals surface area contributed by atoms with Gasteiger partial charge >= 0.3 is 12.1 Å². The van der Waals surface area contributed by atoms with Gasteiger partial charge in [0.15, 0.2) is 0 Å². The van der Waals surface area contributed by atoms with Crippen LogP contribution < -0.4 is 0 Å². The van der Waals surface area contributed by atoms with Crippen LogP contribution in [0.3, 0.4) is 0 Å². The Labute approximate surface area is 106 Å². The molecule has 1 amide bonds. The van der Waals surface area contributed by atoms with Gasteiger partial charge in [-0.15, -0.1) is 0 Å². The first-order valence-electron chi connectivity index (χ1n) is 5.94. The molecule has 5 nitrogen and oxygen atoms in total. The smallest absolute Gasteiger partial charge is 0.410 e. The number of rotatable bonds is 2. The van der Waals surface area contributed by atoms with Crippen LogP contribution in [0.5, 0.6) is 0 Å². The summed E-state index contributed by atoms with van der Waals surface area (Å²) in [6.45, 7) is 6.73. The number of esters is 1. The number of ether oxygens (including phenoxy) is 2. The highest BCUT2D eigenvalue weighted by Gasteiger charge is 2.37. The fraction of sp³-hybridized carbons (Fsp3) is 0.833. The Hall–Kier alpha value is -1.33. The summed E-state index contributed by atoms with van der Waals surface area (Å²) in [7, 11) is 0. The quantitative estimate of drug-likeness (QED) is 0.711. The summed E-state index contributed by atoms with van der Waals surface area (Å²) < 4.78 is 23.6. The van der Waals surface area contributed by atoms with Crippen molar-refractivity contribution in [3.63, 3.8) is 0 Å². The SMILES string of the molecule is CC(=O)OCC1CN(C(=O)OC(C)(C)C)CC1F. The van der Waals surface area contributed by atoms with Crippen molar-refractivity contribution in [2.75, 3.05) is 19.7 Å². The van der Waals surface area contributed by atoms with Crippen molar-refractivity contribution in [2.24, 2.45) is 5.92 Å². The van der Waals surface area contributed by atoms with Crippen LogP contribution in [0.2, 0.25) is 0 Å². The summed E-state index contributed by atoms with van der Waals surface area (Å²) in [5, 5.41) is 0. The van der Waals surface area contributed by atoms with Crippen molar-refractivity contribution >= 4 is 12.1 Å². The lowest BCUT2D eigenvalue weighted by atomic mass is 10.1. The first-order valence-corrected chi connectivity index (χ1v) is 5.94. The van der Waals surface area contributed by atoms with E-state index in [4.69, 9.17) is 9.47 Å². The number of halogens is 1. The molecule has 18 heavy (non-hydrogen) atoms. The van der Waals surface area contributed by atoms with Crippen molar-refractivity contribution in [3.05, 3.63) is 0 Å². The van der Waals surface area contributed by atoms with E-state index in [0.717, 1.165) is 0 Å². The molecule has 1 saturated heterocycles. The first-order chi connectivity index (χ1) is 8.19. The number of alkyl halides is 1. The minimum atomic E-state index is -1.18. The van der Waals surface area contributed by atoms with Gasteiger partial charge in [-0.25, -0.2) is 9.18 Å². The summed E-state index contributed by atoms with van der Waals surface area (Å²) in [5.41, 5.74) is -0.600. The van der Waals surface area contributed by atoms with E-state index in [1.54, 1.807) is 20.8 Å². The molecule has 0 bridgehead atoms. The molecule has 2 unspecified atom stereocenters. The number of hydrogen-bond donors (Lipinski definition) is 0. The van der Waals surface area contributed by atoms with Gasteiger partial charge in [-0.1, -0.05) is 0 Å². The Morgan fingerprint density at radius 3 is 2.44 bits per heavy atom. The molecule has 1 heterocycles. The minimum absolute atomic E-state index is 0.00417. The third-order valence-corrected chi connectivity index (χ3v) is 2.51. The minimum Gasteiger partial charge on any atom is -0.465 e.